The smallest absolute Gasteiger partial charge is 0.243 e. The number of hydrogen-bond acceptors (Lipinski definition) is 4. The van der Waals surface area contributed by atoms with Gasteiger partial charge in [0.15, 0.2) is 0 Å². The van der Waals surface area contributed by atoms with Crippen LogP contribution in [0, 0.1) is 0 Å². The topological polar surface area (TPSA) is 98.6 Å². The largest absolute Gasteiger partial charge is 0.368 e. The van der Waals surface area contributed by atoms with Crippen LogP contribution in [-0.2, 0) is 14.3 Å². The van der Waals surface area contributed by atoms with Crippen LogP contribution in [0.1, 0.15) is 0 Å². The zero-order valence-electron chi connectivity index (χ0n) is 6.95. The average Bonchev–Trinajstić information content (AvgIpc) is 2.02. The zero-order chi connectivity index (χ0) is 9.56. The van der Waals surface area contributed by atoms with Gasteiger partial charge in [0.1, 0.15) is 13.3 Å². The molecule has 0 spiro atoms. The highest BCUT2D eigenvalue weighted by atomic mass is 16.5. The Morgan fingerprint density at radius 1 is 1.50 bits per heavy atom. The van der Waals surface area contributed by atoms with Crippen molar-refractivity contribution in [1.29, 1.82) is 0 Å². The van der Waals surface area contributed by atoms with E-state index in [4.69, 9.17) is 16.2 Å². The molecule has 0 aromatic carbocycles. The van der Waals surface area contributed by atoms with E-state index in [0.29, 0.717) is 0 Å². The molecule has 0 rings (SSSR count). The second kappa shape index (κ2) is 5.50. The van der Waals surface area contributed by atoms with Crippen LogP contribution in [-0.4, -0.2) is 43.6 Å². The fourth-order valence-electron chi connectivity index (χ4n) is 0.511. The summed E-state index contributed by atoms with van der Waals surface area (Å²) < 4.78 is 4.75. The molecule has 4 N–H and O–H groups in total. The molecule has 0 aromatic rings. The third kappa shape index (κ3) is 4.64. The SMILES string of the molecule is CN(COCC(N)=O)C(=O)CN. The van der Waals surface area contributed by atoms with E-state index in [9.17, 15) is 9.59 Å². The first-order valence-corrected chi connectivity index (χ1v) is 3.38. The van der Waals surface area contributed by atoms with E-state index in [0.717, 1.165) is 0 Å². The van der Waals surface area contributed by atoms with Crippen LogP contribution in [0.25, 0.3) is 0 Å². The van der Waals surface area contributed by atoms with Crippen molar-refractivity contribution in [1.82, 2.24) is 4.90 Å². The first-order valence-electron chi connectivity index (χ1n) is 3.38. The van der Waals surface area contributed by atoms with Crippen molar-refractivity contribution in [3.63, 3.8) is 0 Å². The summed E-state index contributed by atoms with van der Waals surface area (Å²) in [5.74, 6) is -0.817. The van der Waals surface area contributed by atoms with E-state index in [1.54, 1.807) is 0 Å². The summed E-state index contributed by atoms with van der Waals surface area (Å²) in [6.07, 6.45) is 0. The van der Waals surface area contributed by atoms with Gasteiger partial charge in [0.25, 0.3) is 0 Å². The highest BCUT2D eigenvalue weighted by Crippen LogP contribution is 1.83. The van der Waals surface area contributed by atoms with Crippen LogP contribution < -0.4 is 11.5 Å². The number of rotatable bonds is 5. The zero-order valence-corrected chi connectivity index (χ0v) is 6.95. The second-order valence-electron chi connectivity index (χ2n) is 2.24. The summed E-state index contributed by atoms with van der Waals surface area (Å²) >= 11 is 0. The fourth-order valence-corrected chi connectivity index (χ4v) is 0.511. The number of likely N-dealkylation sites (N-methyl/N-ethyl adjacent to an activating group) is 1. The number of carbonyl (C=O) groups is 2. The summed E-state index contributed by atoms with van der Waals surface area (Å²) in [7, 11) is 1.52. The summed E-state index contributed by atoms with van der Waals surface area (Å²) in [6.45, 7) is -0.238. The van der Waals surface area contributed by atoms with E-state index in [1.165, 1.54) is 11.9 Å². The number of primary amides is 1. The van der Waals surface area contributed by atoms with Gasteiger partial charge in [0.05, 0.1) is 6.54 Å². The Morgan fingerprint density at radius 3 is 2.50 bits per heavy atom. The molecule has 6 nitrogen and oxygen atoms in total. The molecule has 0 radical (unpaired) electrons. The summed E-state index contributed by atoms with van der Waals surface area (Å²) in [5, 5.41) is 0. The Bertz CT molecular complexity index is 171. The molecule has 12 heavy (non-hydrogen) atoms. The molecule has 0 bridgehead atoms. The predicted molar refractivity (Wildman–Crippen MR) is 41.8 cm³/mol. The van der Waals surface area contributed by atoms with Gasteiger partial charge in [-0.2, -0.15) is 0 Å². The summed E-state index contributed by atoms with van der Waals surface area (Å²) in [4.78, 5) is 22.2. The quantitative estimate of drug-likeness (QED) is 0.466. The van der Waals surface area contributed by atoms with E-state index in [2.05, 4.69) is 0 Å². The van der Waals surface area contributed by atoms with E-state index < -0.39 is 5.91 Å². The highest BCUT2D eigenvalue weighted by Gasteiger charge is 2.05. The van der Waals surface area contributed by atoms with Gasteiger partial charge in [-0.15, -0.1) is 0 Å². The molecule has 0 saturated heterocycles. The van der Waals surface area contributed by atoms with Crippen LogP contribution in [0.15, 0.2) is 0 Å². The monoisotopic (exact) mass is 175 g/mol. The minimum absolute atomic E-state index is 0.0268. The first kappa shape index (κ1) is 10.9. The Labute approximate surface area is 70.4 Å². The number of amides is 2. The Morgan fingerprint density at radius 2 is 2.08 bits per heavy atom. The van der Waals surface area contributed by atoms with Crippen LogP contribution in [0.4, 0.5) is 0 Å². The van der Waals surface area contributed by atoms with Crippen LogP contribution >= 0.6 is 0 Å². The molecule has 0 atom stereocenters. The third-order valence-corrected chi connectivity index (χ3v) is 1.13. The molecular weight excluding hydrogens is 162 g/mol. The van der Waals surface area contributed by atoms with E-state index >= 15 is 0 Å². The van der Waals surface area contributed by atoms with E-state index in [-0.39, 0.29) is 25.8 Å². The lowest BCUT2D eigenvalue weighted by atomic mass is 10.5. The predicted octanol–water partition coefficient (Wildman–Crippen LogP) is -2.14. The maximum Gasteiger partial charge on any atom is 0.243 e. The van der Waals surface area contributed by atoms with Gasteiger partial charge in [-0.1, -0.05) is 0 Å². The minimum atomic E-state index is -0.566. The molecule has 2 amide bonds. The van der Waals surface area contributed by atoms with Crippen molar-refractivity contribution < 1.29 is 14.3 Å². The van der Waals surface area contributed by atoms with Gasteiger partial charge in [-0.05, 0) is 0 Å². The maximum atomic E-state index is 10.8. The molecule has 0 aromatic heterocycles. The lowest BCUT2D eigenvalue weighted by Gasteiger charge is -2.15. The maximum absolute atomic E-state index is 10.8. The average molecular weight is 175 g/mol. The molecule has 0 aliphatic rings. The fraction of sp³-hybridized carbons (Fsp3) is 0.667. The molecule has 0 saturated carbocycles. The Balaban J connectivity index is 3.50. The van der Waals surface area contributed by atoms with Crippen molar-refractivity contribution in [3.8, 4) is 0 Å². The lowest BCUT2D eigenvalue weighted by molar-refractivity contribution is -0.136. The Kier molecular flexibility index (Phi) is 4.98. The molecular formula is C6H13N3O3. The molecule has 0 unspecified atom stereocenters. The van der Waals surface area contributed by atoms with Crippen molar-refractivity contribution in [3.05, 3.63) is 0 Å². The number of nitrogens with zero attached hydrogens (tertiary/aromatic N) is 1. The molecule has 70 valence electrons. The third-order valence-electron chi connectivity index (χ3n) is 1.13. The van der Waals surface area contributed by atoms with Gasteiger partial charge in [0.2, 0.25) is 11.8 Å². The number of hydrogen-bond donors (Lipinski definition) is 2. The van der Waals surface area contributed by atoms with Gasteiger partial charge < -0.3 is 21.1 Å². The number of nitrogens with two attached hydrogens (primary N) is 2. The van der Waals surface area contributed by atoms with Gasteiger partial charge in [0, 0.05) is 7.05 Å². The minimum Gasteiger partial charge on any atom is -0.368 e. The summed E-state index contributed by atoms with van der Waals surface area (Å²) in [5.41, 5.74) is 9.86. The molecule has 0 aliphatic heterocycles. The van der Waals surface area contributed by atoms with Crippen LogP contribution in [0.2, 0.25) is 0 Å². The van der Waals surface area contributed by atoms with Crippen LogP contribution in [0.5, 0.6) is 0 Å². The molecule has 0 fully saturated rings. The van der Waals surface area contributed by atoms with Gasteiger partial charge in [-0.3, -0.25) is 9.59 Å². The van der Waals surface area contributed by atoms with Crippen molar-refractivity contribution in [2.24, 2.45) is 11.5 Å². The highest BCUT2D eigenvalue weighted by molar-refractivity contribution is 5.77. The molecule has 0 aliphatic carbocycles. The lowest BCUT2D eigenvalue weighted by Crippen LogP contribution is -2.35. The second-order valence-corrected chi connectivity index (χ2v) is 2.24. The van der Waals surface area contributed by atoms with Crippen molar-refractivity contribution in [2.75, 3.05) is 26.9 Å². The normalized spacial score (nSPS) is 9.50. The first-order chi connectivity index (χ1) is 5.57. The Hall–Kier alpha value is -1.14. The molecule has 6 heteroatoms. The van der Waals surface area contributed by atoms with Crippen molar-refractivity contribution >= 4 is 11.8 Å². The number of carbonyl (C=O) groups excluding carboxylic acids is 2. The number of ether oxygens (including phenoxy) is 1. The van der Waals surface area contributed by atoms with Crippen LogP contribution in [0.3, 0.4) is 0 Å². The molecule has 0 heterocycles. The summed E-state index contributed by atoms with van der Waals surface area (Å²) in [6, 6.07) is 0. The van der Waals surface area contributed by atoms with Gasteiger partial charge in [-0.25, -0.2) is 0 Å². The van der Waals surface area contributed by atoms with Crippen molar-refractivity contribution in [2.45, 2.75) is 0 Å². The van der Waals surface area contributed by atoms with Gasteiger partial charge >= 0.3 is 0 Å². The van der Waals surface area contributed by atoms with E-state index in [1.807, 2.05) is 0 Å². The standard InChI is InChI=1S/C6H13N3O3/c1-9(6(11)2-7)4-12-3-5(8)10/h2-4,7H2,1H3,(H2,8,10).